The molecule has 1 aliphatic carbocycles. The Kier molecular flexibility index (Phi) is 12.3. The Morgan fingerprint density at radius 1 is 1.15 bits per heavy atom. The summed E-state index contributed by atoms with van der Waals surface area (Å²) in [4.78, 5) is 20.7. The van der Waals surface area contributed by atoms with E-state index in [0.717, 1.165) is 49.7 Å². The Bertz CT molecular complexity index is 744. The highest BCUT2D eigenvalue weighted by molar-refractivity contribution is 14.0. The fraction of sp³-hybridized carbons (Fsp3) is 0.680. The molecule has 1 saturated heterocycles. The molecule has 1 saturated carbocycles. The van der Waals surface area contributed by atoms with Crippen molar-refractivity contribution < 1.29 is 9.53 Å². The van der Waals surface area contributed by atoms with Crippen LogP contribution in [0.25, 0.3) is 0 Å². The Morgan fingerprint density at radius 3 is 2.55 bits per heavy atom. The average Bonchev–Trinajstić information content (AvgIpc) is 2.80. The van der Waals surface area contributed by atoms with Gasteiger partial charge in [0.25, 0.3) is 0 Å². The van der Waals surface area contributed by atoms with E-state index in [1.165, 1.54) is 32.1 Å². The van der Waals surface area contributed by atoms with Gasteiger partial charge in [0, 0.05) is 39.8 Å². The maximum atomic E-state index is 11.9. The van der Waals surface area contributed by atoms with Crippen LogP contribution in [0, 0.1) is 0 Å². The quantitative estimate of drug-likeness (QED) is 0.284. The van der Waals surface area contributed by atoms with Crippen LogP contribution in [0.5, 0.6) is 5.75 Å². The summed E-state index contributed by atoms with van der Waals surface area (Å²) in [5, 5.41) is 6.96. The Morgan fingerprint density at radius 2 is 1.88 bits per heavy atom. The van der Waals surface area contributed by atoms with E-state index < -0.39 is 0 Å². The van der Waals surface area contributed by atoms with Gasteiger partial charge in [-0.1, -0.05) is 18.6 Å². The van der Waals surface area contributed by atoms with Crippen LogP contribution in [-0.2, 0) is 11.3 Å². The lowest BCUT2D eigenvalue weighted by atomic mass is 9.98. The number of piperidine rings is 1. The molecule has 0 bridgehead atoms. The summed E-state index contributed by atoms with van der Waals surface area (Å²) in [5.74, 6) is 1.98. The molecule has 2 fully saturated rings. The van der Waals surface area contributed by atoms with Gasteiger partial charge in [0.2, 0.25) is 5.91 Å². The molecule has 33 heavy (non-hydrogen) atoms. The number of ether oxygens (including phenoxy) is 1. The number of amides is 1. The highest BCUT2D eigenvalue weighted by Crippen LogP contribution is 2.24. The van der Waals surface area contributed by atoms with Crippen LogP contribution in [-0.4, -0.2) is 74.1 Å². The predicted octanol–water partition coefficient (Wildman–Crippen LogP) is 3.62. The van der Waals surface area contributed by atoms with E-state index in [0.29, 0.717) is 25.2 Å². The molecule has 3 rings (SSSR count). The van der Waals surface area contributed by atoms with Gasteiger partial charge in [0.1, 0.15) is 5.75 Å². The number of guanidine groups is 1. The first-order valence-corrected chi connectivity index (χ1v) is 12.3. The van der Waals surface area contributed by atoms with Gasteiger partial charge in [-0.15, -0.1) is 24.0 Å². The van der Waals surface area contributed by atoms with Gasteiger partial charge in [0.15, 0.2) is 5.96 Å². The molecule has 0 aromatic heterocycles. The lowest BCUT2D eigenvalue weighted by Crippen LogP contribution is -2.50. The van der Waals surface area contributed by atoms with Crippen LogP contribution in [0.15, 0.2) is 29.3 Å². The smallest absolute Gasteiger partial charge is 0.236 e. The van der Waals surface area contributed by atoms with E-state index in [2.05, 4.69) is 46.7 Å². The van der Waals surface area contributed by atoms with Crippen molar-refractivity contribution in [3.8, 4) is 5.75 Å². The topological polar surface area (TPSA) is 69.2 Å². The molecule has 1 amide bonds. The molecule has 1 heterocycles. The fourth-order valence-corrected chi connectivity index (χ4v) is 4.34. The summed E-state index contributed by atoms with van der Waals surface area (Å²) in [6, 6.07) is 8.73. The van der Waals surface area contributed by atoms with E-state index >= 15 is 0 Å². The van der Waals surface area contributed by atoms with Crippen LogP contribution in [0.4, 0.5) is 0 Å². The van der Waals surface area contributed by atoms with Crippen molar-refractivity contribution in [3.63, 3.8) is 0 Å². The molecule has 8 heteroatoms. The van der Waals surface area contributed by atoms with E-state index in [9.17, 15) is 4.79 Å². The van der Waals surface area contributed by atoms with Crippen molar-refractivity contribution in [2.45, 2.75) is 70.6 Å². The number of likely N-dealkylation sites (N-methyl/N-ethyl adjacent to an activating group) is 1. The van der Waals surface area contributed by atoms with E-state index in [1.807, 2.05) is 14.1 Å². The minimum atomic E-state index is 0. The van der Waals surface area contributed by atoms with Crippen molar-refractivity contribution in [3.05, 3.63) is 29.8 Å². The molecule has 1 aliphatic heterocycles. The van der Waals surface area contributed by atoms with E-state index in [4.69, 9.17) is 9.73 Å². The van der Waals surface area contributed by atoms with E-state index in [1.54, 1.807) is 4.90 Å². The first-order chi connectivity index (χ1) is 15.5. The first kappa shape index (κ1) is 27.7. The molecule has 1 aromatic carbocycles. The third-order valence-electron chi connectivity index (χ3n) is 6.30. The van der Waals surface area contributed by atoms with Crippen LogP contribution < -0.4 is 15.4 Å². The predicted molar refractivity (Wildman–Crippen MR) is 145 cm³/mol. The Labute approximate surface area is 216 Å². The summed E-state index contributed by atoms with van der Waals surface area (Å²) in [7, 11) is 3.63. The van der Waals surface area contributed by atoms with Gasteiger partial charge in [-0.05, 0) is 63.1 Å². The van der Waals surface area contributed by atoms with Crippen molar-refractivity contribution in [2.24, 2.45) is 4.99 Å². The first-order valence-electron chi connectivity index (χ1n) is 12.3. The number of halogens is 1. The summed E-state index contributed by atoms with van der Waals surface area (Å²) in [6.07, 6.45) is 8.60. The number of hydrogen-bond acceptors (Lipinski definition) is 4. The van der Waals surface area contributed by atoms with Crippen LogP contribution >= 0.6 is 24.0 Å². The molecule has 0 radical (unpaired) electrons. The summed E-state index contributed by atoms with van der Waals surface area (Å²) in [5.41, 5.74) is 1.16. The molecule has 0 atom stereocenters. The SMILES string of the molecule is CCNC(=NCc1cccc(OC2CCCCC2)c1)NC1CCN(CC(=O)N(C)C)CC1.I. The molecule has 186 valence electrons. The lowest BCUT2D eigenvalue weighted by molar-refractivity contribution is -0.130. The molecule has 1 aromatic rings. The Balaban J connectivity index is 0.00000385. The number of carbonyl (C=O) groups excluding carboxylic acids is 1. The number of likely N-dealkylation sites (tertiary alicyclic amines) is 1. The van der Waals surface area contributed by atoms with Gasteiger partial charge >= 0.3 is 0 Å². The summed E-state index contributed by atoms with van der Waals surface area (Å²) in [6.45, 7) is 5.90. The number of carbonyl (C=O) groups is 1. The second kappa shape index (κ2) is 14.7. The largest absolute Gasteiger partial charge is 0.490 e. The van der Waals surface area contributed by atoms with Crippen molar-refractivity contribution in [1.82, 2.24) is 20.4 Å². The number of hydrogen-bond donors (Lipinski definition) is 2. The Hall–Kier alpha value is -1.55. The zero-order valence-corrected chi connectivity index (χ0v) is 22.8. The number of nitrogens with one attached hydrogen (secondary N) is 2. The van der Waals surface area contributed by atoms with Crippen LogP contribution in [0.2, 0.25) is 0 Å². The number of benzene rings is 1. The molecule has 0 spiro atoms. The summed E-state index contributed by atoms with van der Waals surface area (Å²) >= 11 is 0. The normalized spacial score (nSPS) is 18.3. The molecule has 0 unspecified atom stereocenters. The zero-order valence-electron chi connectivity index (χ0n) is 20.5. The third-order valence-corrected chi connectivity index (χ3v) is 6.30. The van der Waals surface area contributed by atoms with Crippen LogP contribution in [0.1, 0.15) is 57.4 Å². The zero-order chi connectivity index (χ0) is 22.8. The molecule has 2 aliphatic rings. The highest BCUT2D eigenvalue weighted by atomic mass is 127. The second-order valence-corrected chi connectivity index (χ2v) is 9.20. The highest BCUT2D eigenvalue weighted by Gasteiger charge is 2.22. The maximum Gasteiger partial charge on any atom is 0.236 e. The monoisotopic (exact) mass is 571 g/mol. The number of aliphatic imine (C=N–C) groups is 1. The average molecular weight is 572 g/mol. The standard InChI is InChI=1S/C25H41N5O2.HI/c1-4-26-25(28-21-13-15-30(16-14-21)19-24(31)29(2)3)27-18-20-9-8-12-23(17-20)32-22-10-6-5-7-11-22;/h8-9,12,17,21-22H,4-7,10-11,13-16,18-19H2,1-3H3,(H2,26,27,28);1H. The van der Waals surface area contributed by atoms with Gasteiger partial charge < -0.3 is 20.3 Å². The molecular weight excluding hydrogens is 529 g/mol. The van der Waals surface area contributed by atoms with Crippen molar-refractivity contribution >= 4 is 35.8 Å². The minimum absolute atomic E-state index is 0. The van der Waals surface area contributed by atoms with E-state index in [-0.39, 0.29) is 29.9 Å². The van der Waals surface area contributed by atoms with Gasteiger partial charge in [-0.25, -0.2) is 4.99 Å². The second-order valence-electron chi connectivity index (χ2n) is 9.20. The van der Waals surface area contributed by atoms with Gasteiger partial charge in [-0.2, -0.15) is 0 Å². The minimum Gasteiger partial charge on any atom is -0.490 e. The molecule has 7 nitrogen and oxygen atoms in total. The van der Waals surface area contributed by atoms with Gasteiger partial charge in [0.05, 0.1) is 19.2 Å². The summed E-state index contributed by atoms with van der Waals surface area (Å²) < 4.78 is 6.21. The van der Waals surface area contributed by atoms with Crippen molar-refractivity contribution in [2.75, 3.05) is 40.3 Å². The van der Waals surface area contributed by atoms with Crippen LogP contribution in [0.3, 0.4) is 0 Å². The molecular formula is C25H42IN5O2. The number of rotatable bonds is 8. The number of nitrogens with zero attached hydrogens (tertiary/aromatic N) is 3. The lowest BCUT2D eigenvalue weighted by Gasteiger charge is -2.33. The third kappa shape index (κ3) is 9.68. The molecule has 2 N–H and O–H groups in total. The maximum absolute atomic E-state index is 11.9. The van der Waals surface area contributed by atoms with Gasteiger partial charge in [-0.3, -0.25) is 9.69 Å². The fourth-order valence-electron chi connectivity index (χ4n) is 4.34. The van der Waals surface area contributed by atoms with Crippen molar-refractivity contribution in [1.29, 1.82) is 0 Å².